The zero-order chi connectivity index (χ0) is 14.3. The Morgan fingerprint density at radius 3 is 2.37 bits per heavy atom. The maximum Gasteiger partial charge on any atom is 0.277 e. The van der Waals surface area contributed by atoms with Gasteiger partial charge in [-0.15, -0.1) is 0 Å². The molecule has 19 heavy (non-hydrogen) atoms. The Labute approximate surface area is 112 Å². The van der Waals surface area contributed by atoms with E-state index in [4.69, 9.17) is 5.73 Å². The van der Waals surface area contributed by atoms with E-state index in [0.717, 1.165) is 12.0 Å². The van der Waals surface area contributed by atoms with Gasteiger partial charge in [0.2, 0.25) is 5.91 Å². The van der Waals surface area contributed by atoms with Gasteiger partial charge in [-0.3, -0.25) is 4.79 Å². The average molecular weight is 270 g/mol. The lowest BCUT2D eigenvalue weighted by Gasteiger charge is -2.14. The maximum atomic E-state index is 12.8. The van der Waals surface area contributed by atoms with E-state index in [0.29, 0.717) is 6.42 Å². The third-order valence-corrected chi connectivity index (χ3v) is 2.91. The van der Waals surface area contributed by atoms with E-state index in [1.165, 1.54) is 5.56 Å². The maximum absolute atomic E-state index is 12.8. The molecule has 0 spiro atoms. The molecule has 1 aromatic carbocycles. The second-order valence-electron chi connectivity index (χ2n) is 4.51. The molecule has 0 fully saturated rings. The third-order valence-electron chi connectivity index (χ3n) is 2.91. The van der Waals surface area contributed by atoms with Crippen LogP contribution in [-0.4, -0.2) is 24.9 Å². The number of nitrogens with one attached hydrogen (secondary N) is 1. The highest BCUT2D eigenvalue weighted by molar-refractivity contribution is 5.76. The number of amides is 1. The number of rotatable bonds is 7. The highest BCUT2D eigenvalue weighted by atomic mass is 19.3. The number of aryl methyl sites for hydroxylation is 2. The van der Waals surface area contributed by atoms with Crippen LogP contribution in [0.4, 0.5) is 8.78 Å². The summed E-state index contributed by atoms with van der Waals surface area (Å²) in [4.78, 5) is 11.4. The van der Waals surface area contributed by atoms with Crippen LogP contribution in [0, 0.1) is 0 Å². The van der Waals surface area contributed by atoms with Crippen LogP contribution in [0.15, 0.2) is 24.3 Å². The number of alkyl halides is 2. The summed E-state index contributed by atoms with van der Waals surface area (Å²) in [5.74, 6) is -3.41. The van der Waals surface area contributed by atoms with Crippen molar-refractivity contribution >= 4 is 5.91 Å². The predicted octanol–water partition coefficient (Wildman–Crippen LogP) is 1.89. The fraction of sp³-hybridized carbons (Fsp3) is 0.500. The second-order valence-corrected chi connectivity index (χ2v) is 4.51. The number of nitrogens with two attached hydrogens (primary N) is 1. The number of benzene rings is 1. The van der Waals surface area contributed by atoms with Crippen molar-refractivity contribution in [1.82, 2.24) is 5.32 Å². The van der Waals surface area contributed by atoms with Crippen LogP contribution in [0.1, 0.15) is 24.5 Å². The number of carbonyl (C=O) groups is 1. The standard InChI is InChI=1S/C14H20F2N2O/c1-2-11-3-5-12(6-4-11)7-8-13(19)18-10-14(15,16)9-17/h3-6H,2,7-10,17H2,1H3,(H,18,19). The van der Waals surface area contributed by atoms with Crippen LogP contribution in [0.3, 0.4) is 0 Å². The lowest BCUT2D eigenvalue weighted by Crippen LogP contribution is -2.41. The first-order chi connectivity index (χ1) is 8.96. The van der Waals surface area contributed by atoms with Gasteiger partial charge in [-0.25, -0.2) is 8.78 Å². The summed E-state index contributed by atoms with van der Waals surface area (Å²) in [7, 11) is 0. The molecule has 106 valence electrons. The van der Waals surface area contributed by atoms with E-state index in [1.54, 1.807) is 0 Å². The van der Waals surface area contributed by atoms with Gasteiger partial charge >= 0.3 is 0 Å². The molecule has 0 aliphatic heterocycles. The molecule has 0 aliphatic rings. The predicted molar refractivity (Wildman–Crippen MR) is 71.2 cm³/mol. The molecule has 0 bridgehead atoms. The SMILES string of the molecule is CCc1ccc(CCC(=O)NCC(F)(F)CN)cc1. The molecule has 1 aromatic rings. The molecule has 0 unspecified atom stereocenters. The van der Waals surface area contributed by atoms with Gasteiger partial charge in [0, 0.05) is 6.42 Å². The van der Waals surface area contributed by atoms with Crippen LogP contribution in [0.25, 0.3) is 0 Å². The zero-order valence-corrected chi connectivity index (χ0v) is 11.1. The summed E-state index contributed by atoms with van der Waals surface area (Å²) in [6.45, 7) is 0.614. The molecule has 1 amide bonds. The van der Waals surface area contributed by atoms with Gasteiger partial charge in [0.25, 0.3) is 5.92 Å². The van der Waals surface area contributed by atoms with Gasteiger partial charge in [0.15, 0.2) is 0 Å². The second kappa shape index (κ2) is 7.19. The molecule has 0 aromatic heterocycles. The molecule has 0 saturated heterocycles. The Balaban J connectivity index is 2.33. The molecular weight excluding hydrogens is 250 g/mol. The van der Waals surface area contributed by atoms with Crippen LogP contribution < -0.4 is 11.1 Å². The van der Waals surface area contributed by atoms with Crippen molar-refractivity contribution in [2.24, 2.45) is 5.73 Å². The van der Waals surface area contributed by atoms with Gasteiger partial charge in [-0.1, -0.05) is 31.2 Å². The molecule has 5 heteroatoms. The molecule has 0 aliphatic carbocycles. The monoisotopic (exact) mass is 270 g/mol. The Bertz CT molecular complexity index is 404. The van der Waals surface area contributed by atoms with Crippen LogP contribution >= 0.6 is 0 Å². The van der Waals surface area contributed by atoms with Gasteiger partial charge in [-0.05, 0) is 24.0 Å². The minimum Gasteiger partial charge on any atom is -0.350 e. The summed E-state index contributed by atoms with van der Waals surface area (Å²) in [6, 6.07) is 7.94. The van der Waals surface area contributed by atoms with Crippen molar-refractivity contribution < 1.29 is 13.6 Å². The fourth-order valence-electron chi connectivity index (χ4n) is 1.59. The van der Waals surface area contributed by atoms with Crippen molar-refractivity contribution in [3.8, 4) is 0 Å². The van der Waals surface area contributed by atoms with Crippen molar-refractivity contribution in [3.63, 3.8) is 0 Å². The molecule has 1 rings (SSSR count). The zero-order valence-electron chi connectivity index (χ0n) is 11.1. The topological polar surface area (TPSA) is 55.1 Å². The van der Waals surface area contributed by atoms with Gasteiger partial charge in [-0.2, -0.15) is 0 Å². The first kappa shape index (κ1) is 15.6. The van der Waals surface area contributed by atoms with E-state index in [1.807, 2.05) is 24.3 Å². The molecule has 3 N–H and O–H groups in total. The first-order valence-corrected chi connectivity index (χ1v) is 6.39. The van der Waals surface area contributed by atoms with Crippen molar-refractivity contribution in [2.45, 2.75) is 32.1 Å². The Morgan fingerprint density at radius 1 is 1.26 bits per heavy atom. The quantitative estimate of drug-likeness (QED) is 0.795. The normalized spacial score (nSPS) is 11.4. The van der Waals surface area contributed by atoms with Crippen molar-refractivity contribution in [3.05, 3.63) is 35.4 Å². The number of hydrogen-bond donors (Lipinski definition) is 2. The number of halogens is 2. The minimum atomic E-state index is -3.03. The summed E-state index contributed by atoms with van der Waals surface area (Å²) < 4.78 is 25.6. The first-order valence-electron chi connectivity index (χ1n) is 6.39. The summed E-state index contributed by atoms with van der Waals surface area (Å²) >= 11 is 0. The summed E-state index contributed by atoms with van der Waals surface area (Å²) in [6.07, 6.45) is 1.71. The Hall–Kier alpha value is -1.49. The Kier molecular flexibility index (Phi) is 5.89. The van der Waals surface area contributed by atoms with Gasteiger partial charge < -0.3 is 11.1 Å². The summed E-state index contributed by atoms with van der Waals surface area (Å²) in [5.41, 5.74) is 7.14. The lowest BCUT2D eigenvalue weighted by molar-refractivity contribution is -0.122. The highest BCUT2D eigenvalue weighted by Crippen LogP contribution is 2.10. The highest BCUT2D eigenvalue weighted by Gasteiger charge is 2.26. The van der Waals surface area contributed by atoms with Crippen LogP contribution in [0.5, 0.6) is 0 Å². The average Bonchev–Trinajstić information content (AvgIpc) is 2.43. The summed E-state index contributed by atoms with van der Waals surface area (Å²) in [5, 5.41) is 2.20. The van der Waals surface area contributed by atoms with Gasteiger partial charge in [0.05, 0.1) is 13.1 Å². The van der Waals surface area contributed by atoms with E-state index in [9.17, 15) is 13.6 Å². The Morgan fingerprint density at radius 2 is 1.84 bits per heavy atom. The number of carbonyl (C=O) groups excluding carboxylic acids is 1. The van der Waals surface area contributed by atoms with E-state index in [2.05, 4.69) is 12.2 Å². The van der Waals surface area contributed by atoms with Crippen LogP contribution in [-0.2, 0) is 17.6 Å². The molecule has 0 radical (unpaired) electrons. The van der Waals surface area contributed by atoms with E-state index in [-0.39, 0.29) is 12.3 Å². The van der Waals surface area contributed by atoms with Crippen molar-refractivity contribution in [2.75, 3.05) is 13.1 Å². The van der Waals surface area contributed by atoms with Crippen LogP contribution in [0.2, 0.25) is 0 Å². The molecular formula is C14H20F2N2O. The minimum absolute atomic E-state index is 0.201. The van der Waals surface area contributed by atoms with E-state index >= 15 is 0 Å². The largest absolute Gasteiger partial charge is 0.350 e. The van der Waals surface area contributed by atoms with Crippen molar-refractivity contribution in [1.29, 1.82) is 0 Å². The smallest absolute Gasteiger partial charge is 0.277 e. The molecule has 0 saturated carbocycles. The van der Waals surface area contributed by atoms with Gasteiger partial charge in [0.1, 0.15) is 0 Å². The molecule has 3 nitrogen and oxygen atoms in total. The molecule has 0 atom stereocenters. The van der Waals surface area contributed by atoms with E-state index < -0.39 is 19.0 Å². The molecule has 0 heterocycles. The lowest BCUT2D eigenvalue weighted by atomic mass is 10.1. The third kappa shape index (κ3) is 5.79. The fourth-order valence-corrected chi connectivity index (χ4v) is 1.59. The number of hydrogen-bond acceptors (Lipinski definition) is 2.